The van der Waals surface area contributed by atoms with Crippen LogP contribution in [0.25, 0.3) is 10.9 Å². The van der Waals surface area contributed by atoms with Gasteiger partial charge in [0.05, 0.1) is 11.6 Å². The predicted molar refractivity (Wildman–Crippen MR) is 70.7 cm³/mol. The van der Waals surface area contributed by atoms with Crippen LogP contribution in [0.4, 0.5) is 0 Å². The molecule has 0 aliphatic carbocycles. The van der Waals surface area contributed by atoms with Crippen LogP contribution in [-0.4, -0.2) is 4.57 Å². The number of hydrogen-bond donors (Lipinski definition) is 0. The smallest absolute Gasteiger partial charge is 0.0991 e. The standard InChI is InChI=1S/C15H18N2/c1-3-12(4-2)11-17-8-7-14-9-13(10-16)5-6-15(14)17/h5-9,12H,3-4,11H2,1-2H3. The van der Waals surface area contributed by atoms with Gasteiger partial charge >= 0.3 is 0 Å². The molecule has 17 heavy (non-hydrogen) atoms. The van der Waals surface area contributed by atoms with Gasteiger partial charge in [0.15, 0.2) is 0 Å². The summed E-state index contributed by atoms with van der Waals surface area (Å²) in [6.45, 7) is 5.56. The van der Waals surface area contributed by atoms with Crippen LogP contribution in [0.3, 0.4) is 0 Å². The molecule has 0 saturated heterocycles. The normalized spacial score (nSPS) is 10.9. The first-order valence-electron chi connectivity index (χ1n) is 6.27. The maximum Gasteiger partial charge on any atom is 0.0991 e. The minimum absolute atomic E-state index is 0.734. The minimum Gasteiger partial charge on any atom is -0.347 e. The van der Waals surface area contributed by atoms with Crippen molar-refractivity contribution in [2.45, 2.75) is 33.2 Å². The Morgan fingerprint density at radius 3 is 2.65 bits per heavy atom. The zero-order chi connectivity index (χ0) is 12.3. The van der Waals surface area contributed by atoms with E-state index in [9.17, 15) is 0 Å². The Balaban J connectivity index is 2.34. The van der Waals surface area contributed by atoms with Crippen molar-refractivity contribution in [3.05, 3.63) is 36.0 Å². The third-order valence-corrected chi connectivity index (χ3v) is 3.51. The lowest BCUT2D eigenvalue weighted by molar-refractivity contribution is 0.425. The quantitative estimate of drug-likeness (QED) is 0.776. The van der Waals surface area contributed by atoms with E-state index in [1.54, 1.807) is 0 Å². The highest BCUT2D eigenvalue weighted by Gasteiger charge is 2.07. The molecule has 2 heteroatoms. The highest BCUT2D eigenvalue weighted by atomic mass is 15.0. The molecule has 1 heterocycles. The number of aromatic nitrogens is 1. The Labute approximate surface area is 102 Å². The van der Waals surface area contributed by atoms with Gasteiger partial charge in [-0.15, -0.1) is 0 Å². The van der Waals surface area contributed by atoms with Gasteiger partial charge < -0.3 is 4.57 Å². The lowest BCUT2D eigenvalue weighted by Gasteiger charge is -2.14. The first-order valence-corrected chi connectivity index (χ1v) is 6.27. The summed E-state index contributed by atoms with van der Waals surface area (Å²) in [5.74, 6) is 0.737. The molecule has 2 rings (SSSR count). The molecule has 0 aliphatic heterocycles. The number of rotatable bonds is 4. The van der Waals surface area contributed by atoms with Crippen molar-refractivity contribution in [3.63, 3.8) is 0 Å². The molecule has 0 bridgehead atoms. The van der Waals surface area contributed by atoms with Crippen molar-refractivity contribution in [1.82, 2.24) is 4.57 Å². The number of nitriles is 1. The maximum atomic E-state index is 8.87. The van der Waals surface area contributed by atoms with Crippen LogP contribution >= 0.6 is 0 Å². The van der Waals surface area contributed by atoms with Crippen molar-refractivity contribution in [2.75, 3.05) is 0 Å². The fraction of sp³-hybridized carbons (Fsp3) is 0.400. The van der Waals surface area contributed by atoms with E-state index in [0.717, 1.165) is 23.4 Å². The van der Waals surface area contributed by atoms with Crippen molar-refractivity contribution in [3.8, 4) is 6.07 Å². The van der Waals surface area contributed by atoms with Gasteiger partial charge in [-0.3, -0.25) is 0 Å². The third-order valence-electron chi connectivity index (χ3n) is 3.51. The molecular weight excluding hydrogens is 208 g/mol. The Bertz CT molecular complexity index is 542. The number of fused-ring (bicyclic) bond motifs is 1. The molecule has 0 radical (unpaired) electrons. The van der Waals surface area contributed by atoms with Gasteiger partial charge in [-0.25, -0.2) is 0 Å². The summed E-state index contributed by atoms with van der Waals surface area (Å²) in [5.41, 5.74) is 1.97. The summed E-state index contributed by atoms with van der Waals surface area (Å²) in [6, 6.07) is 10.2. The summed E-state index contributed by atoms with van der Waals surface area (Å²) < 4.78 is 2.30. The van der Waals surface area contributed by atoms with Gasteiger partial charge in [-0.2, -0.15) is 5.26 Å². The van der Waals surface area contributed by atoms with E-state index in [1.807, 2.05) is 12.1 Å². The zero-order valence-electron chi connectivity index (χ0n) is 10.5. The molecular formula is C15H18N2. The van der Waals surface area contributed by atoms with E-state index < -0.39 is 0 Å². The van der Waals surface area contributed by atoms with Gasteiger partial charge in [0.2, 0.25) is 0 Å². The summed E-state index contributed by atoms with van der Waals surface area (Å²) in [5, 5.41) is 10.0. The first-order chi connectivity index (χ1) is 8.28. The summed E-state index contributed by atoms with van der Waals surface area (Å²) in [6.07, 6.45) is 4.56. The summed E-state index contributed by atoms with van der Waals surface area (Å²) in [4.78, 5) is 0. The molecule has 0 atom stereocenters. The SMILES string of the molecule is CCC(CC)Cn1ccc2cc(C#N)ccc21. The summed E-state index contributed by atoms with van der Waals surface area (Å²) >= 11 is 0. The average Bonchev–Trinajstić information content (AvgIpc) is 2.78. The third kappa shape index (κ3) is 2.34. The molecule has 88 valence electrons. The molecule has 1 aromatic carbocycles. The van der Waals surface area contributed by atoms with Crippen LogP contribution in [0.2, 0.25) is 0 Å². The highest BCUT2D eigenvalue weighted by molar-refractivity contribution is 5.81. The molecule has 0 fully saturated rings. The second-order valence-corrected chi connectivity index (χ2v) is 4.54. The molecule has 0 unspecified atom stereocenters. The maximum absolute atomic E-state index is 8.87. The van der Waals surface area contributed by atoms with Gasteiger partial charge in [-0.1, -0.05) is 26.7 Å². The van der Waals surface area contributed by atoms with E-state index >= 15 is 0 Å². The Morgan fingerprint density at radius 1 is 1.24 bits per heavy atom. The zero-order valence-corrected chi connectivity index (χ0v) is 10.5. The highest BCUT2D eigenvalue weighted by Crippen LogP contribution is 2.20. The van der Waals surface area contributed by atoms with E-state index in [2.05, 4.69) is 42.8 Å². The Morgan fingerprint density at radius 2 is 2.00 bits per heavy atom. The first kappa shape index (κ1) is 11.7. The fourth-order valence-corrected chi connectivity index (χ4v) is 2.25. The van der Waals surface area contributed by atoms with Crippen LogP contribution in [-0.2, 0) is 6.54 Å². The monoisotopic (exact) mass is 226 g/mol. The van der Waals surface area contributed by atoms with E-state index in [0.29, 0.717) is 0 Å². The van der Waals surface area contributed by atoms with E-state index in [4.69, 9.17) is 5.26 Å². The molecule has 0 N–H and O–H groups in total. The number of nitrogens with zero attached hydrogens (tertiary/aromatic N) is 2. The topological polar surface area (TPSA) is 28.7 Å². The molecule has 0 amide bonds. The lowest BCUT2D eigenvalue weighted by Crippen LogP contribution is -2.07. The number of benzene rings is 1. The lowest BCUT2D eigenvalue weighted by atomic mass is 10.0. The predicted octanol–water partition coefficient (Wildman–Crippen LogP) is 3.95. The van der Waals surface area contributed by atoms with Crippen LogP contribution < -0.4 is 0 Å². The van der Waals surface area contributed by atoms with Crippen LogP contribution in [0.1, 0.15) is 32.3 Å². The Kier molecular flexibility index (Phi) is 3.49. The van der Waals surface area contributed by atoms with Gasteiger partial charge in [0.1, 0.15) is 0 Å². The van der Waals surface area contributed by atoms with Gasteiger partial charge in [-0.05, 0) is 30.2 Å². The van der Waals surface area contributed by atoms with Crippen molar-refractivity contribution in [2.24, 2.45) is 5.92 Å². The largest absolute Gasteiger partial charge is 0.347 e. The van der Waals surface area contributed by atoms with Crippen LogP contribution in [0.15, 0.2) is 30.5 Å². The van der Waals surface area contributed by atoms with Crippen molar-refractivity contribution < 1.29 is 0 Å². The number of hydrogen-bond acceptors (Lipinski definition) is 1. The van der Waals surface area contributed by atoms with E-state index in [-0.39, 0.29) is 0 Å². The fourth-order valence-electron chi connectivity index (χ4n) is 2.25. The van der Waals surface area contributed by atoms with Gasteiger partial charge in [0.25, 0.3) is 0 Å². The minimum atomic E-state index is 0.734. The van der Waals surface area contributed by atoms with Crippen LogP contribution in [0, 0.1) is 17.2 Å². The van der Waals surface area contributed by atoms with Crippen molar-refractivity contribution in [1.29, 1.82) is 5.26 Å². The average molecular weight is 226 g/mol. The van der Waals surface area contributed by atoms with E-state index in [1.165, 1.54) is 18.4 Å². The molecule has 0 spiro atoms. The molecule has 1 aromatic heterocycles. The second-order valence-electron chi connectivity index (χ2n) is 4.54. The molecule has 0 saturated carbocycles. The Hall–Kier alpha value is -1.75. The van der Waals surface area contributed by atoms with Gasteiger partial charge in [0, 0.05) is 23.6 Å². The molecule has 2 nitrogen and oxygen atoms in total. The van der Waals surface area contributed by atoms with Crippen LogP contribution in [0.5, 0.6) is 0 Å². The second kappa shape index (κ2) is 5.05. The summed E-state index contributed by atoms with van der Waals surface area (Å²) in [7, 11) is 0. The van der Waals surface area contributed by atoms with Crippen molar-refractivity contribution >= 4 is 10.9 Å². The molecule has 0 aliphatic rings. The molecule has 2 aromatic rings.